The molecule has 0 bridgehead atoms. The molecule has 0 N–H and O–H groups in total. The number of aromatic nitrogens is 1. The summed E-state index contributed by atoms with van der Waals surface area (Å²) in [6.45, 7) is 3.95. The van der Waals surface area contributed by atoms with Crippen molar-refractivity contribution in [1.82, 2.24) is 9.88 Å². The molecular weight excluding hydrogens is 248 g/mol. The highest BCUT2D eigenvalue weighted by atomic mass is 16.5. The molecule has 3 nitrogen and oxygen atoms in total. The lowest BCUT2D eigenvalue weighted by atomic mass is 10.2. The van der Waals surface area contributed by atoms with Crippen molar-refractivity contribution in [1.29, 1.82) is 0 Å². The summed E-state index contributed by atoms with van der Waals surface area (Å²) in [7, 11) is 0. The van der Waals surface area contributed by atoms with Crippen molar-refractivity contribution < 1.29 is 4.74 Å². The maximum atomic E-state index is 5.74. The molecule has 3 heteroatoms. The lowest BCUT2D eigenvalue weighted by Gasteiger charge is -2.14. The number of benzene rings is 1. The molecule has 0 amide bonds. The third-order valence-corrected chi connectivity index (χ3v) is 3.63. The second-order valence-electron chi connectivity index (χ2n) is 5.24. The largest absolute Gasteiger partial charge is 0.487 e. The maximum absolute atomic E-state index is 5.74. The zero-order chi connectivity index (χ0) is 13.6. The highest BCUT2D eigenvalue weighted by Gasteiger charge is 2.12. The smallest absolute Gasteiger partial charge is 0.138 e. The Kier molecular flexibility index (Phi) is 4.28. The summed E-state index contributed by atoms with van der Waals surface area (Å²) >= 11 is 0. The molecule has 0 spiro atoms. The van der Waals surface area contributed by atoms with Gasteiger partial charge >= 0.3 is 0 Å². The molecule has 0 unspecified atom stereocenters. The zero-order valence-corrected chi connectivity index (χ0v) is 11.7. The summed E-state index contributed by atoms with van der Waals surface area (Å²) < 4.78 is 5.74. The Morgan fingerprint density at radius 2 is 1.80 bits per heavy atom. The average molecular weight is 268 g/mol. The first-order chi connectivity index (χ1) is 9.90. The van der Waals surface area contributed by atoms with Crippen LogP contribution in [0.5, 0.6) is 5.75 Å². The van der Waals surface area contributed by atoms with Gasteiger partial charge in [0.1, 0.15) is 12.4 Å². The van der Waals surface area contributed by atoms with E-state index in [4.69, 9.17) is 4.74 Å². The minimum Gasteiger partial charge on any atom is -0.487 e. The molecule has 0 aliphatic carbocycles. The van der Waals surface area contributed by atoms with Crippen LogP contribution in [-0.2, 0) is 13.2 Å². The standard InChI is InChI=1S/C17H20N2O/c1-2-6-15(7-3-1)14-20-17-9-8-16(18-12-17)13-19-10-4-5-11-19/h1-3,6-9,12H,4-5,10-11,13-14H2. The molecule has 1 aromatic carbocycles. The zero-order valence-electron chi connectivity index (χ0n) is 11.7. The van der Waals surface area contributed by atoms with Crippen molar-refractivity contribution in [3.63, 3.8) is 0 Å². The third-order valence-electron chi connectivity index (χ3n) is 3.63. The Balaban J connectivity index is 1.53. The van der Waals surface area contributed by atoms with Crippen molar-refractivity contribution in [3.05, 3.63) is 59.9 Å². The quantitative estimate of drug-likeness (QED) is 0.832. The number of hydrogen-bond acceptors (Lipinski definition) is 3. The molecule has 104 valence electrons. The number of pyridine rings is 1. The molecule has 20 heavy (non-hydrogen) atoms. The summed E-state index contributed by atoms with van der Waals surface area (Å²) in [5.74, 6) is 0.832. The first-order valence-corrected chi connectivity index (χ1v) is 7.24. The van der Waals surface area contributed by atoms with Crippen molar-refractivity contribution in [3.8, 4) is 5.75 Å². The van der Waals surface area contributed by atoms with Gasteiger partial charge in [0.15, 0.2) is 0 Å². The second kappa shape index (κ2) is 6.53. The minimum atomic E-state index is 0.591. The Hall–Kier alpha value is -1.87. The van der Waals surface area contributed by atoms with Gasteiger partial charge in [-0.25, -0.2) is 0 Å². The van der Waals surface area contributed by atoms with E-state index < -0.39 is 0 Å². The van der Waals surface area contributed by atoms with Gasteiger partial charge in [0, 0.05) is 6.54 Å². The van der Waals surface area contributed by atoms with Gasteiger partial charge in [-0.05, 0) is 43.6 Å². The highest BCUT2D eigenvalue weighted by Crippen LogP contribution is 2.15. The van der Waals surface area contributed by atoms with Gasteiger partial charge in [-0.1, -0.05) is 30.3 Å². The molecule has 1 saturated heterocycles. The first-order valence-electron chi connectivity index (χ1n) is 7.24. The van der Waals surface area contributed by atoms with Gasteiger partial charge in [-0.2, -0.15) is 0 Å². The Bertz CT molecular complexity index is 518. The van der Waals surface area contributed by atoms with Gasteiger partial charge in [-0.3, -0.25) is 9.88 Å². The normalized spacial score (nSPS) is 15.4. The number of hydrogen-bond donors (Lipinski definition) is 0. The second-order valence-corrected chi connectivity index (χ2v) is 5.24. The third kappa shape index (κ3) is 3.58. The number of likely N-dealkylation sites (tertiary alicyclic amines) is 1. The van der Waals surface area contributed by atoms with Crippen LogP contribution in [0, 0.1) is 0 Å². The van der Waals surface area contributed by atoms with E-state index in [2.05, 4.69) is 28.1 Å². The molecule has 1 aliphatic heterocycles. The van der Waals surface area contributed by atoms with E-state index in [9.17, 15) is 0 Å². The van der Waals surface area contributed by atoms with Gasteiger partial charge < -0.3 is 4.74 Å². The summed E-state index contributed by atoms with van der Waals surface area (Å²) in [6, 6.07) is 14.3. The number of ether oxygens (including phenoxy) is 1. The van der Waals surface area contributed by atoms with Crippen LogP contribution >= 0.6 is 0 Å². The monoisotopic (exact) mass is 268 g/mol. The van der Waals surface area contributed by atoms with Crippen LogP contribution in [0.2, 0.25) is 0 Å². The lowest BCUT2D eigenvalue weighted by Crippen LogP contribution is -2.18. The predicted molar refractivity (Wildman–Crippen MR) is 79.5 cm³/mol. The summed E-state index contributed by atoms with van der Waals surface area (Å²) in [5, 5.41) is 0. The van der Waals surface area contributed by atoms with Crippen molar-refractivity contribution in [2.45, 2.75) is 26.0 Å². The molecule has 1 aliphatic rings. The topological polar surface area (TPSA) is 25.4 Å². The molecule has 2 heterocycles. The van der Waals surface area contributed by atoms with Gasteiger partial charge in [-0.15, -0.1) is 0 Å². The van der Waals surface area contributed by atoms with E-state index >= 15 is 0 Å². The Morgan fingerprint density at radius 1 is 1.00 bits per heavy atom. The van der Waals surface area contributed by atoms with Crippen LogP contribution in [-0.4, -0.2) is 23.0 Å². The van der Waals surface area contributed by atoms with Crippen LogP contribution in [0.4, 0.5) is 0 Å². The van der Waals surface area contributed by atoms with Crippen molar-refractivity contribution >= 4 is 0 Å². The van der Waals surface area contributed by atoms with Gasteiger partial charge in [0.05, 0.1) is 11.9 Å². The summed E-state index contributed by atoms with van der Waals surface area (Å²) in [4.78, 5) is 6.94. The molecule has 0 saturated carbocycles. The lowest BCUT2D eigenvalue weighted by molar-refractivity contribution is 0.303. The SMILES string of the molecule is c1ccc(COc2ccc(CN3CCCC3)nc2)cc1. The van der Waals surface area contributed by atoms with Crippen molar-refractivity contribution in [2.24, 2.45) is 0 Å². The molecule has 0 radical (unpaired) electrons. The van der Waals surface area contributed by atoms with E-state index in [-0.39, 0.29) is 0 Å². The molecular formula is C17H20N2O. The number of rotatable bonds is 5. The van der Waals surface area contributed by atoms with Crippen LogP contribution < -0.4 is 4.74 Å². The van der Waals surface area contributed by atoms with E-state index in [1.54, 1.807) is 0 Å². The summed E-state index contributed by atoms with van der Waals surface area (Å²) in [5.41, 5.74) is 2.30. The fraction of sp³-hybridized carbons (Fsp3) is 0.353. The fourth-order valence-corrected chi connectivity index (χ4v) is 2.50. The van der Waals surface area contributed by atoms with Crippen LogP contribution in [0.15, 0.2) is 48.7 Å². The maximum Gasteiger partial charge on any atom is 0.138 e. The van der Waals surface area contributed by atoms with E-state index in [1.807, 2.05) is 30.5 Å². The number of nitrogens with zero attached hydrogens (tertiary/aromatic N) is 2. The van der Waals surface area contributed by atoms with E-state index in [0.717, 1.165) is 18.0 Å². The molecule has 1 aromatic heterocycles. The highest BCUT2D eigenvalue weighted by molar-refractivity contribution is 5.21. The van der Waals surface area contributed by atoms with Crippen molar-refractivity contribution in [2.75, 3.05) is 13.1 Å². The predicted octanol–water partition coefficient (Wildman–Crippen LogP) is 3.26. The van der Waals surface area contributed by atoms with Gasteiger partial charge in [0.25, 0.3) is 0 Å². The minimum absolute atomic E-state index is 0.591. The Labute approximate surface area is 120 Å². The first kappa shape index (κ1) is 13.1. The van der Waals surface area contributed by atoms with Crippen LogP contribution in [0.1, 0.15) is 24.1 Å². The molecule has 3 rings (SSSR count). The van der Waals surface area contributed by atoms with E-state index in [0.29, 0.717) is 6.61 Å². The average Bonchev–Trinajstić information content (AvgIpc) is 3.01. The van der Waals surface area contributed by atoms with E-state index in [1.165, 1.54) is 31.5 Å². The fourth-order valence-electron chi connectivity index (χ4n) is 2.50. The molecule has 2 aromatic rings. The molecule has 1 fully saturated rings. The van der Waals surface area contributed by atoms with Crippen LogP contribution in [0.3, 0.4) is 0 Å². The summed E-state index contributed by atoms with van der Waals surface area (Å²) in [6.07, 6.45) is 4.46. The Morgan fingerprint density at radius 3 is 2.50 bits per heavy atom. The molecule has 0 atom stereocenters. The van der Waals surface area contributed by atoms with Crippen LogP contribution in [0.25, 0.3) is 0 Å². The van der Waals surface area contributed by atoms with Gasteiger partial charge in [0.2, 0.25) is 0 Å².